The molecular formula is C27H31NO3. The molecule has 3 rings (SSSR count). The highest BCUT2D eigenvalue weighted by molar-refractivity contribution is 6.05. The van der Waals surface area contributed by atoms with Crippen LogP contribution < -0.4 is 14.8 Å². The molecule has 3 aromatic rings. The lowest BCUT2D eigenvalue weighted by atomic mass is 10.1. The topological polar surface area (TPSA) is 47.6 Å². The Hall–Kier alpha value is -3.27. The molecule has 1 amide bonds. The van der Waals surface area contributed by atoms with Crippen molar-refractivity contribution in [3.8, 4) is 11.5 Å². The van der Waals surface area contributed by atoms with Crippen LogP contribution in [-0.4, -0.2) is 12.5 Å². The first-order valence-electron chi connectivity index (χ1n) is 10.6. The number of amides is 1. The van der Waals surface area contributed by atoms with Crippen molar-refractivity contribution in [2.24, 2.45) is 0 Å². The van der Waals surface area contributed by atoms with Gasteiger partial charge in [0, 0.05) is 16.8 Å². The van der Waals surface area contributed by atoms with Gasteiger partial charge in [0.05, 0.1) is 6.61 Å². The molecule has 0 spiro atoms. The molecule has 0 aromatic heterocycles. The molecule has 0 aliphatic carbocycles. The van der Waals surface area contributed by atoms with Crippen LogP contribution in [0.3, 0.4) is 0 Å². The quantitative estimate of drug-likeness (QED) is 0.480. The van der Waals surface area contributed by atoms with Gasteiger partial charge in [-0.1, -0.05) is 18.2 Å². The lowest BCUT2D eigenvalue weighted by Crippen LogP contribution is -2.14. The number of hydrogen-bond donors (Lipinski definition) is 1. The predicted octanol–water partition coefficient (Wildman–Crippen LogP) is 6.46. The van der Waals surface area contributed by atoms with Gasteiger partial charge in [-0.2, -0.15) is 0 Å². The van der Waals surface area contributed by atoms with Gasteiger partial charge in [-0.15, -0.1) is 0 Å². The third-order valence-corrected chi connectivity index (χ3v) is 5.62. The maximum Gasteiger partial charge on any atom is 0.255 e. The number of ether oxygens (including phenoxy) is 2. The number of aryl methyl sites for hydroxylation is 3. The van der Waals surface area contributed by atoms with Crippen LogP contribution in [0.1, 0.15) is 50.7 Å². The van der Waals surface area contributed by atoms with Gasteiger partial charge in [0.1, 0.15) is 18.1 Å². The summed E-state index contributed by atoms with van der Waals surface area (Å²) in [6, 6.07) is 15.6. The molecule has 3 aromatic carbocycles. The Balaban J connectivity index is 1.85. The molecule has 0 unspecified atom stereocenters. The van der Waals surface area contributed by atoms with E-state index < -0.39 is 0 Å². The summed E-state index contributed by atoms with van der Waals surface area (Å²) >= 11 is 0. The van der Waals surface area contributed by atoms with E-state index in [0.717, 1.165) is 45.0 Å². The van der Waals surface area contributed by atoms with Gasteiger partial charge in [-0.25, -0.2) is 0 Å². The molecule has 0 radical (unpaired) electrons. The zero-order chi connectivity index (χ0) is 22.5. The molecule has 162 valence electrons. The minimum Gasteiger partial charge on any atom is -0.493 e. The summed E-state index contributed by atoms with van der Waals surface area (Å²) in [4.78, 5) is 12.9. The highest BCUT2D eigenvalue weighted by Crippen LogP contribution is 2.27. The monoisotopic (exact) mass is 417 g/mol. The van der Waals surface area contributed by atoms with Crippen molar-refractivity contribution in [1.82, 2.24) is 0 Å². The second kappa shape index (κ2) is 9.69. The molecule has 0 aliphatic rings. The van der Waals surface area contributed by atoms with Gasteiger partial charge in [0.2, 0.25) is 0 Å². The maximum absolute atomic E-state index is 12.9. The molecule has 0 bridgehead atoms. The Labute approximate surface area is 185 Å². The number of nitrogens with one attached hydrogen (secondary N) is 1. The fourth-order valence-corrected chi connectivity index (χ4v) is 3.52. The molecule has 31 heavy (non-hydrogen) atoms. The van der Waals surface area contributed by atoms with Gasteiger partial charge < -0.3 is 14.8 Å². The number of anilines is 1. The number of carbonyl (C=O) groups excluding carboxylic acids is 1. The Kier molecular flexibility index (Phi) is 7.01. The molecule has 0 fully saturated rings. The van der Waals surface area contributed by atoms with E-state index in [1.807, 2.05) is 57.2 Å². The molecule has 0 saturated carbocycles. The van der Waals surface area contributed by atoms with E-state index in [0.29, 0.717) is 18.8 Å². The van der Waals surface area contributed by atoms with Crippen molar-refractivity contribution < 1.29 is 14.3 Å². The fourth-order valence-electron chi connectivity index (χ4n) is 3.52. The minimum absolute atomic E-state index is 0.152. The van der Waals surface area contributed by atoms with Crippen molar-refractivity contribution in [1.29, 1.82) is 0 Å². The highest BCUT2D eigenvalue weighted by Gasteiger charge is 2.14. The smallest absolute Gasteiger partial charge is 0.255 e. The number of rotatable bonds is 7. The Bertz CT molecular complexity index is 1100. The van der Waals surface area contributed by atoms with Gasteiger partial charge >= 0.3 is 0 Å². The van der Waals surface area contributed by atoms with Crippen LogP contribution in [0.15, 0.2) is 48.5 Å². The molecule has 0 heterocycles. The number of hydrogen-bond acceptors (Lipinski definition) is 3. The van der Waals surface area contributed by atoms with Gasteiger partial charge in [0.25, 0.3) is 5.91 Å². The third-order valence-electron chi connectivity index (χ3n) is 5.62. The molecule has 0 atom stereocenters. The normalized spacial score (nSPS) is 10.6. The van der Waals surface area contributed by atoms with Crippen molar-refractivity contribution in [3.63, 3.8) is 0 Å². The Morgan fingerprint density at radius 3 is 2.35 bits per heavy atom. The van der Waals surface area contributed by atoms with Gasteiger partial charge in [0.15, 0.2) is 0 Å². The van der Waals surface area contributed by atoms with Crippen LogP contribution in [0.5, 0.6) is 11.5 Å². The average molecular weight is 418 g/mol. The second-order valence-electron chi connectivity index (χ2n) is 7.95. The van der Waals surface area contributed by atoms with Crippen LogP contribution in [0.25, 0.3) is 0 Å². The first-order valence-corrected chi connectivity index (χ1v) is 10.6. The standard InChI is InChI=1S/C27H31NO3/c1-7-30-25-12-11-22(27(29)28-24-10-8-9-18(3)20(24)5)15-23(25)16-31-26-14-17(2)13-19(4)21(26)6/h8-15H,7,16H2,1-6H3,(H,28,29). The molecule has 0 aliphatic heterocycles. The SMILES string of the molecule is CCOc1ccc(C(=O)Nc2cccc(C)c2C)cc1COc1cc(C)cc(C)c1C. The summed E-state index contributed by atoms with van der Waals surface area (Å²) in [7, 11) is 0. The summed E-state index contributed by atoms with van der Waals surface area (Å²) in [5.41, 5.74) is 7.91. The predicted molar refractivity (Wildman–Crippen MR) is 126 cm³/mol. The summed E-state index contributed by atoms with van der Waals surface area (Å²) < 4.78 is 11.9. The second-order valence-corrected chi connectivity index (χ2v) is 7.95. The summed E-state index contributed by atoms with van der Waals surface area (Å²) in [6.45, 7) is 13.1. The van der Waals surface area contributed by atoms with E-state index in [4.69, 9.17) is 9.47 Å². The summed E-state index contributed by atoms with van der Waals surface area (Å²) in [5.74, 6) is 1.43. The zero-order valence-electron chi connectivity index (χ0n) is 19.3. The van der Waals surface area contributed by atoms with Crippen LogP contribution >= 0.6 is 0 Å². The van der Waals surface area contributed by atoms with E-state index in [-0.39, 0.29) is 5.91 Å². The Morgan fingerprint density at radius 1 is 0.839 bits per heavy atom. The van der Waals surface area contributed by atoms with Crippen molar-refractivity contribution in [2.75, 3.05) is 11.9 Å². The molecule has 1 N–H and O–H groups in total. The van der Waals surface area contributed by atoms with E-state index >= 15 is 0 Å². The first kappa shape index (κ1) is 22.4. The van der Waals surface area contributed by atoms with Gasteiger partial charge in [-0.05, 0) is 99.7 Å². The minimum atomic E-state index is -0.152. The molecule has 0 saturated heterocycles. The fraction of sp³-hybridized carbons (Fsp3) is 0.296. The van der Waals surface area contributed by atoms with Crippen LogP contribution in [0.2, 0.25) is 0 Å². The Morgan fingerprint density at radius 2 is 1.61 bits per heavy atom. The molecule has 4 nitrogen and oxygen atoms in total. The van der Waals surface area contributed by atoms with E-state index in [1.54, 1.807) is 6.07 Å². The first-order chi connectivity index (χ1) is 14.8. The lowest BCUT2D eigenvalue weighted by molar-refractivity contribution is 0.102. The van der Waals surface area contributed by atoms with Crippen molar-refractivity contribution in [3.05, 3.63) is 87.5 Å². The van der Waals surface area contributed by atoms with Gasteiger partial charge in [-0.3, -0.25) is 4.79 Å². The summed E-state index contributed by atoms with van der Waals surface area (Å²) in [5, 5.41) is 3.02. The highest BCUT2D eigenvalue weighted by atomic mass is 16.5. The van der Waals surface area contributed by atoms with E-state index in [1.165, 1.54) is 5.56 Å². The lowest BCUT2D eigenvalue weighted by Gasteiger charge is -2.16. The van der Waals surface area contributed by atoms with Crippen LogP contribution in [0, 0.1) is 34.6 Å². The van der Waals surface area contributed by atoms with Crippen LogP contribution in [-0.2, 0) is 6.61 Å². The average Bonchev–Trinajstić information content (AvgIpc) is 2.73. The third kappa shape index (κ3) is 5.26. The largest absolute Gasteiger partial charge is 0.493 e. The van der Waals surface area contributed by atoms with Crippen LogP contribution in [0.4, 0.5) is 5.69 Å². The summed E-state index contributed by atoms with van der Waals surface area (Å²) in [6.07, 6.45) is 0. The molecular weight excluding hydrogens is 386 g/mol. The van der Waals surface area contributed by atoms with Crippen molar-refractivity contribution in [2.45, 2.75) is 48.1 Å². The van der Waals surface area contributed by atoms with E-state index in [2.05, 4.69) is 32.2 Å². The van der Waals surface area contributed by atoms with E-state index in [9.17, 15) is 4.79 Å². The maximum atomic E-state index is 12.9. The van der Waals surface area contributed by atoms with Crippen molar-refractivity contribution >= 4 is 11.6 Å². The zero-order valence-corrected chi connectivity index (χ0v) is 19.3. The molecule has 4 heteroatoms. The number of benzene rings is 3. The number of carbonyl (C=O) groups is 1.